The number of rotatable bonds is 4. The van der Waals surface area contributed by atoms with Gasteiger partial charge in [-0.05, 0) is 49.8 Å². The van der Waals surface area contributed by atoms with Crippen molar-refractivity contribution in [1.82, 2.24) is 9.80 Å². The smallest absolute Gasteiger partial charge is 0.335 e. The first kappa shape index (κ1) is 16.8. The number of carbonyl (C=O) groups excluding carboxylic acids is 2. The fraction of sp³-hybridized carbons (Fsp3) is 0.250. The summed E-state index contributed by atoms with van der Waals surface area (Å²) < 4.78 is 0. The molecular weight excluding hydrogens is 316 g/mol. The van der Waals surface area contributed by atoms with Crippen LogP contribution < -0.4 is 0 Å². The van der Waals surface area contributed by atoms with Gasteiger partial charge in [0.05, 0.1) is 5.56 Å². The van der Waals surface area contributed by atoms with Gasteiger partial charge in [0.2, 0.25) is 0 Å². The third kappa shape index (κ3) is 3.14. The summed E-state index contributed by atoms with van der Waals surface area (Å²) >= 11 is 5.18. The van der Waals surface area contributed by atoms with Crippen molar-refractivity contribution < 1.29 is 19.5 Å². The number of benzene rings is 1. The molecule has 6 nitrogen and oxygen atoms in total. The molecule has 0 spiro atoms. The first-order valence-electron chi connectivity index (χ1n) is 7.13. The average Bonchev–Trinajstić information content (AvgIpc) is 2.53. The summed E-state index contributed by atoms with van der Waals surface area (Å²) in [4.78, 5) is 38.5. The Morgan fingerprint density at radius 3 is 1.96 bits per heavy atom. The molecule has 2 amide bonds. The van der Waals surface area contributed by atoms with Gasteiger partial charge in [-0.2, -0.15) is 0 Å². The van der Waals surface area contributed by atoms with Crippen LogP contribution in [0.5, 0.6) is 0 Å². The number of carboxylic acids is 1. The number of likely N-dealkylation sites (N-methyl/N-ethyl adjacent to an activating group) is 2. The summed E-state index contributed by atoms with van der Waals surface area (Å²) in [5.41, 5.74) is 0.733. The van der Waals surface area contributed by atoms with Crippen molar-refractivity contribution in [2.24, 2.45) is 0 Å². The third-order valence-corrected chi connectivity index (χ3v) is 3.95. The van der Waals surface area contributed by atoms with Crippen LogP contribution in [-0.4, -0.2) is 50.9 Å². The second-order valence-corrected chi connectivity index (χ2v) is 5.23. The lowest BCUT2D eigenvalue weighted by atomic mass is 10.1. The Kier molecular flexibility index (Phi) is 4.90. The number of hydrogen-bond donors (Lipinski definition) is 1. The molecule has 0 bridgehead atoms. The van der Waals surface area contributed by atoms with Crippen LogP contribution in [0, 0.1) is 0 Å². The Morgan fingerprint density at radius 1 is 1.09 bits per heavy atom. The van der Waals surface area contributed by atoms with Gasteiger partial charge < -0.3 is 5.11 Å². The van der Waals surface area contributed by atoms with Crippen LogP contribution in [-0.2, 0) is 9.59 Å². The molecule has 0 unspecified atom stereocenters. The second kappa shape index (κ2) is 6.70. The van der Waals surface area contributed by atoms with E-state index in [1.54, 1.807) is 26.0 Å². The van der Waals surface area contributed by atoms with E-state index in [1.165, 1.54) is 28.0 Å². The van der Waals surface area contributed by atoms with Crippen molar-refractivity contribution in [1.29, 1.82) is 0 Å². The quantitative estimate of drug-likeness (QED) is 0.516. The van der Waals surface area contributed by atoms with Gasteiger partial charge in [0.15, 0.2) is 5.11 Å². The first-order chi connectivity index (χ1) is 10.9. The Labute approximate surface area is 139 Å². The van der Waals surface area contributed by atoms with E-state index < -0.39 is 17.8 Å². The molecule has 1 saturated heterocycles. The van der Waals surface area contributed by atoms with Gasteiger partial charge >= 0.3 is 5.97 Å². The van der Waals surface area contributed by atoms with E-state index in [2.05, 4.69) is 0 Å². The van der Waals surface area contributed by atoms with Crippen molar-refractivity contribution in [2.45, 2.75) is 13.8 Å². The molecule has 1 aromatic rings. The standard InChI is InChI=1S/C16H16N2O4S/c1-3-17-13(19)12(14(20)18(4-2)16(17)23)9-10-5-7-11(8-6-10)15(21)22/h5-9H,3-4H2,1-2H3,(H,21,22). The molecule has 23 heavy (non-hydrogen) atoms. The maximum Gasteiger partial charge on any atom is 0.335 e. The average molecular weight is 332 g/mol. The molecule has 7 heteroatoms. The highest BCUT2D eigenvalue weighted by atomic mass is 32.1. The molecule has 1 heterocycles. The van der Waals surface area contributed by atoms with Crippen molar-refractivity contribution in [3.8, 4) is 0 Å². The Bertz CT molecular complexity index is 681. The molecule has 0 radical (unpaired) electrons. The lowest BCUT2D eigenvalue weighted by Crippen LogP contribution is -2.55. The van der Waals surface area contributed by atoms with Gasteiger partial charge in [0, 0.05) is 13.1 Å². The predicted molar refractivity (Wildman–Crippen MR) is 88.8 cm³/mol. The zero-order valence-electron chi connectivity index (χ0n) is 12.8. The summed E-state index contributed by atoms with van der Waals surface area (Å²) in [6, 6.07) is 5.95. The predicted octanol–water partition coefficient (Wildman–Crippen LogP) is 1.76. The van der Waals surface area contributed by atoms with E-state index in [0.717, 1.165) is 0 Å². The van der Waals surface area contributed by atoms with Gasteiger partial charge in [0.25, 0.3) is 11.8 Å². The Morgan fingerprint density at radius 2 is 1.57 bits per heavy atom. The number of amides is 2. The number of hydrogen-bond acceptors (Lipinski definition) is 4. The van der Waals surface area contributed by atoms with Crippen LogP contribution in [0.3, 0.4) is 0 Å². The van der Waals surface area contributed by atoms with Crippen LogP contribution in [0.1, 0.15) is 29.8 Å². The van der Waals surface area contributed by atoms with Gasteiger partial charge in [-0.25, -0.2) is 4.79 Å². The summed E-state index contributed by atoms with van der Waals surface area (Å²) in [5.74, 6) is -1.90. The zero-order valence-corrected chi connectivity index (χ0v) is 13.6. The van der Waals surface area contributed by atoms with Gasteiger partial charge in [-0.1, -0.05) is 12.1 Å². The van der Waals surface area contributed by atoms with Gasteiger partial charge in [0.1, 0.15) is 5.57 Å². The molecule has 0 aliphatic carbocycles. The molecule has 120 valence electrons. The van der Waals surface area contributed by atoms with E-state index in [9.17, 15) is 14.4 Å². The topological polar surface area (TPSA) is 77.9 Å². The molecule has 1 aromatic carbocycles. The minimum absolute atomic E-state index is 0.0189. The summed E-state index contributed by atoms with van der Waals surface area (Å²) in [7, 11) is 0. The molecule has 1 N–H and O–H groups in total. The lowest BCUT2D eigenvalue weighted by molar-refractivity contribution is -0.133. The van der Waals surface area contributed by atoms with E-state index in [4.69, 9.17) is 17.3 Å². The summed E-state index contributed by atoms with van der Waals surface area (Å²) in [6.45, 7) is 4.31. The molecule has 1 aliphatic heterocycles. The van der Waals surface area contributed by atoms with Crippen molar-refractivity contribution in [2.75, 3.05) is 13.1 Å². The number of nitrogens with zero attached hydrogens (tertiary/aromatic N) is 2. The Hall–Kier alpha value is -2.54. The molecule has 1 fully saturated rings. The first-order valence-corrected chi connectivity index (χ1v) is 7.54. The lowest BCUT2D eigenvalue weighted by Gasteiger charge is -2.35. The molecule has 0 aromatic heterocycles. The zero-order chi connectivity index (χ0) is 17.1. The van der Waals surface area contributed by atoms with E-state index >= 15 is 0 Å². The summed E-state index contributed by atoms with van der Waals surface area (Å²) in [5, 5.41) is 9.10. The number of carbonyl (C=O) groups is 3. The van der Waals surface area contributed by atoms with Gasteiger partial charge in [-0.3, -0.25) is 19.4 Å². The van der Waals surface area contributed by atoms with Crippen LogP contribution in [0.25, 0.3) is 6.08 Å². The van der Waals surface area contributed by atoms with Crippen LogP contribution in [0.15, 0.2) is 29.8 Å². The minimum atomic E-state index is -1.03. The molecule has 0 atom stereocenters. The second-order valence-electron chi connectivity index (χ2n) is 4.87. The maximum atomic E-state index is 12.4. The van der Waals surface area contributed by atoms with E-state index in [-0.39, 0.29) is 16.2 Å². The van der Waals surface area contributed by atoms with E-state index in [0.29, 0.717) is 18.7 Å². The number of carboxylic acid groups (broad SMARTS) is 1. The maximum absolute atomic E-state index is 12.4. The Balaban J connectivity index is 2.42. The van der Waals surface area contributed by atoms with Crippen molar-refractivity contribution in [3.05, 3.63) is 41.0 Å². The third-order valence-electron chi connectivity index (χ3n) is 3.51. The fourth-order valence-electron chi connectivity index (χ4n) is 2.27. The molecule has 1 aliphatic rings. The van der Waals surface area contributed by atoms with Gasteiger partial charge in [-0.15, -0.1) is 0 Å². The molecule has 2 rings (SSSR count). The monoisotopic (exact) mass is 332 g/mol. The van der Waals surface area contributed by atoms with Crippen molar-refractivity contribution in [3.63, 3.8) is 0 Å². The highest BCUT2D eigenvalue weighted by Gasteiger charge is 2.37. The molecule has 0 saturated carbocycles. The SMILES string of the molecule is CCN1C(=O)C(=Cc2ccc(C(=O)O)cc2)C(=O)N(CC)C1=S. The van der Waals surface area contributed by atoms with Crippen molar-refractivity contribution >= 4 is 41.2 Å². The van der Waals surface area contributed by atoms with Crippen LogP contribution in [0.4, 0.5) is 0 Å². The van der Waals surface area contributed by atoms with Crippen LogP contribution >= 0.6 is 12.2 Å². The molecular formula is C16H16N2O4S. The minimum Gasteiger partial charge on any atom is -0.478 e. The van der Waals surface area contributed by atoms with Crippen LogP contribution in [0.2, 0.25) is 0 Å². The summed E-state index contributed by atoms with van der Waals surface area (Å²) in [6.07, 6.45) is 1.46. The highest BCUT2D eigenvalue weighted by molar-refractivity contribution is 7.80. The number of thiocarbonyl (C=S) groups is 1. The normalized spacial score (nSPS) is 15.2. The largest absolute Gasteiger partial charge is 0.478 e. The number of aromatic carboxylic acids is 1. The highest BCUT2D eigenvalue weighted by Crippen LogP contribution is 2.20. The fourth-order valence-corrected chi connectivity index (χ4v) is 2.70. The van der Waals surface area contributed by atoms with E-state index in [1.807, 2.05) is 0 Å².